The molecule has 0 saturated heterocycles. The molecule has 9 atom stereocenters. The van der Waals surface area contributed by atoms with E-state index in [9.17, 15) is 0 Å². The summed E-state index contributed by atoms with van der Waals surface area (Å²) in [6.45, 7) is 2.49. The highest BCUT2D eigenvalue weighted by Gasteiger charge is 2.71. The minimum atomic E-state index is 1.06. The molecule has 5 aliphatic carbocycles. The first-order chi connectivity index (χ1) is 6.86. The molecule has 0 radical (unpaired) electrons. The SMILES string of the molecule is CC1CC2C1C1CC3C4C=CC4C3C21. The van der Waals surface area contributed by atoms with Crippen LogP contribution in [0.15, 0.2) is 12.2 Å². The lowest BCUT2D eigenvalue weighted by molar-refractivity contribution is -0.160. The summed E-state index contributed by atoms with van der Waals surface area (Å²) in [5.74, 6) is 10.3. The minimum absolute atomic E-state index is 1.06. The monoisotopic (exact) mass is 186 g/mol. The van der Waals surface area contributed by atoms with Crippen LogP contribution >= 0.6 is 0 Å². The van der Waals surface area contributed by atoms with E-state index < -0.39 is 0 Å². The maximum absolute atomic E-state index is 2.52. The molecule has 74 valence electrons. The molecule has 0 amide bonds. The first kappa shape index (κ1) is 7.09. The Morgan fingerprint density at radius 2 is 1.57 bits per heavy atom. The maximum atomic E-state index is 2.52. The van der Waals surface area contributed by atoms with Crippen LogP contribution in [0.3, 0.4) is 0 Å². The fourth-order valence-corrected chi connectivity index (χ4v) is 6.18. The van der Waals surface area contributed by atoms with Crippen molar-refractivity contribution >= 4 is 0 Å². The highest BCUT2D eigenvalue weighted by Crippen LogP contribution is 2.77. The summed E-state index contributed by atoms with van der Waals surface area (Å²) in [5, 5.41) is 0. The molecule has 0 heterocycles. The Morgan fingerprint density at radius 3 is 2.29 bits per heavy atom. The van der Waals surface area contributed by atoms with Gasteiger partial charge < -0.3 is 0 Å². The number of hydrogen-bond donors (Lipinski definition) is 0. The highest BCUT2D eigenvalue weighted by molar-refractivity contribution is 5.29. The van der Waals surface area contributed by atoms with Gasteiger partial charge in [0.2, 0.25) is 0 Å². The van der Waals surface area contributed by atoms with E-state index in [-0.39, 0.29) is 0 Å². The van der Waals surface area contributed by atoms with E-state index in [1.807, 2.05) is 0 Å². The molecule has 0 aromatic carbocycles. The van der Waals surface area contributed by atoms with Crippen molar-refractivity contribution in [1.29, 1.82) is 0 Å². The maximum Gasteiger partial charge on any atom is -0.0134 e. The minimum Gasteiger partial charge on any atom is -0.0842 e. The van der Waals surface area contributed by atoms with Gasteiger partial charge in [0.25, 0.3) is 0 Å². The lowest BCUT2D eigenvalue weighted by Gasteiger charge is -2.65. The quantitative estimate of drug-likeness (QED) is 0.510. The van der Waals surface area contributed by atoms with Crippen molar-refractivity contribution in [2.75, 3.05) is 0 Å². The summed E-state index contributed by atoms with van der Waals surface area (Å²) >= 11 is 0. The topological polar surface area (TPSA) is 0 Å². The van der Waals surface area contributed by atoms with Crippen LogP contribution in [0.4, 0.5) is 0 Å². The van der Waals surface area contributed by atoms with Crippen LogP contribution in [-0.2, 0) is 0 Å². The van der Waals surface area contributed by atoms with E-state index in [1.165, 1.54) is 29.6 Å². The van der Waals surface area contributed by atoms with Gasteiger partial charge in [0.15, 0.2) is 0 Å². The summed E-state index contributed by atoms with van der Waals surface area (Å²) in [6, 6.07) is 0. The average molecular weight is 186 g/mol. The van der Waals surface area contributed by atoms with E-state index in [4.69, 9.17) is 0 Å². The molecule has 0 aliphatic heterocycles. The molecule has 4 saturated carbocycles. The Balaban J connectivity index is 1.51. The number of hydrogen-bond acceptors (Lipinski definition) is 0. The number of fused-ring (bicyclic) bond motifs is 9. The van der Waals surface area contributed by atoms with Gasteiger partial charge in [0, 0.05) is 0 Å². The predicted octanol–water partition coefficient (Wildman–Crippen LogP) is 2.96. The fourth-order valence-electron chi connectivity index (χ4n) is 6.18. The summed E-state index contributed by atoms with van der Waals surface area (Å²) in [6.07, 6.45) is 8.22. The first-order valence-electron chi connectivity index (χ1n) is 6.54. The van der Waals surface area contributed by atoms with E-state index in [2.05, 4.69) is 19.1 Å². The molecule has 4 fully saturated rings. The van der Waals surface area contributed by atoms with Gasteiger partial charge in [-0.3, -0.25) is 0 Å². The zero-order valence-corrected chi connectivity index (χ0v) is 8.77. The number of allylic oxidation sites excluding steroid dienone is 2. The smallest absolute Gasteiger partial charge is 0.0134 e. The first-order valence-corrected chi connectivity index (χ1v) is 6.54. The molecule has 0 spiro atoms. The molecule has 14 heavy (non-hydrogen) atoms. The van der Waals surface area contributed by atoms with Gasteiger partial charge in [-0.05, 0) is 66.1 Å². The second-order valence-corrected chi connectivity index (χ2v) is 6.71. The third-order valence-electron chi connectivity index (χ3n) is 6.70. The van der Waals surface area contributed by atoms with E-state index in [0.717, 1.165) is 23.7 Å². The van der Waals surface area contributed by atoms with Gasteiger partial charge in [0.05, 0.1) is 0 Å². The van der Waals surface area contributed by atoms with Gasteiger partial charge in [0.1, 0.15) is 0 Å². The van der Waals surface area contributed by atoms with Gasteiger partial charge in [-0.1, -0.05) is 19.1 Å². The molecule has 9 unspecified atom stereocenters. The highest BCUT2D eigenvalue weighted by atomic mass is 14.8. The van der Waals surface area contributed by atoms with E-state index in [0.29, 0.717) is 0 Å². The molecule has 0 heteroatoms. The van der Waals surface area contributed by atoms with Crippen LogP contribution < -0.4 is 0 Å². The van der Waals surface area contributed by atoms with E-state index >= 15 is 0 Å². The largest absolute Gasteiger partial charge is 0.0842 e. The lowest BCUT2D eigenvalue weighted by atomic mass is 9.40. The van der Waals surface area contributed by atoms with Gasteiger partial charge >= 0.3 is 0 Å². The van der Waals surface area contributed by atoms with Gasteiger partial charge in [-0.15, -0.1) is 0 Å². The predicted molar refractivity (Wildman–Crippen MR) is 55.5 cm³/mol. The summed E-state index contributed by atoms with van der Waals surface area (Å²) in [5.41, 5.74) is 0. The van der Waals surface area contributed by atoms with Crippen molar-refractivity contribution in [3.8, 4) is 0 Å². The van der Waals surface area contributed by atoms with Crippen molar-refractivity contribution in [1.82, 2.24) is 0 Å². The lowest BCUT2D eigenvalue weighted by Crippen LogP contribution is -2.60. The summed E-state index contributed by atoms with van der Waals surface area (Å²) in [7, 11) is 0. The molecule has 0 nitrogen and oxygen atoms in total. The zero-order valence-electron chi connectivity index (χ0n) is 8.77. The van der Waals surface area contributed by atoms with E-state index in [1.54, 1.807) is 12.8 Å². The normalized spacial score (nSPS) is 75.4. The van der Waals surface area contributed by atoms with Crippen molar-refractivity contribution in [3.63, 3.8) is 0 Å². The van der Waals surface area contributed by atoms with Crippen molar-refractivity contribution in [3.05, 3.63) is 12.2 Å². The molecule has 0 aromatic heterocycles. The summed E-state index contributed by atoms with van der Waals surface area (Å²) < 4.78 is 0. The second-order valence-electron chi connectivity index (χ2n) is 6.71. The average Bonchev–Trinajstić information content (AvgIpc) is 2.33. The van der Waals surface area contributed by atoms with Crippen LogP contribution in [-0.4, -0.2) is 0 Å². The van der Waals surface area contributed by atoms with Crippen LogP contribution in [0, 0.1) is 53.3 Å². The third kappa shape index (κ3) is 0.487. The Kier molecular flexibility index (Phi) is 0.941. The van der Waals surface area contributed by atoms with Gasteiger partial charge in [-0.25, -0.2) is 0 Å². The molecule has 0 aromatic rings. The molecule has 5 aliphatic rings. The molecular formula is C14H18. The zero-order chi connectivity index (χ0) is 9.02. The molecule has 5 rings (SSSR count). The van der Waals surface area contributed by atoms with Gasteiger partial charge in [-0.2, -0.15) is 0 Å². The van der Waals surface area contributed by atoms with Crippen LogP contribution in [0.2, 0.25) is 0 Å². The third-order valence-corrected chi connectivity index (χ3v) is 6.70. The summed E-state index contributed by atoms with van der Waals surface area (Å²) in [4.78, 5) is 0. The Morgan fingerprint density at radius 1 is 0.786 bits per heavy atom. The van der Waals surface area contributed by atoms with Crippen molar-refractivity contribution < 1.29 is 0 Å². The fraction of sp³-hybridized carbons (Fsp3) is 0.857. The molecular weight excluding hydrogens is 168 g/mol. The van der Waals surface area contributed by atoms with Crippen LogP contribution in [0.5, 0.6) is 0 Å². The Labute approximate surface area is 85.8 Å². The second kappa shape index (κ2) is 1.86. The molecule has 0 N–H and O–H groups in total. The Hall–Kier alpha value is -0.260. The van der Waals surface area contributed by atoms with Crippen molar-refractivity contribution in [2.24, 2.45) is 53.3 Å². The molecule has 0 bridgehead atoms. The Bertz CT molecular complexity index is 342. The van der Waals surface area contributed by atoms with Crippen LogP contribution in [0.1, 0.15) is 19.8 Å². The van der Waals surface area contributed by atoms with Crippen LogP contribution in [0.25, 0.3) is 0 Å². The number of rotatable bonds is 0. The standard InChI is InChI=1S/C14H18/c1-6-4-10-12(6)11-5-9-7-2-3-8(7)13(9)14(10)11/h2-3,6-14H,4-5H2,1H3. The van der Waals surface area contributed by atoms with Crippen molar-refractivity contribution in [2.45, 2.75) is 19.8 Å².